The Morgan fingerprint density at radius 3 is 2.63 bits per heavy atom. The minimum absolute atomic E-state index is 0.189. The third-order valence-electron chi connectivity index (χ3n) is 5.64. The van der Waals surface area contributed by atoms with Crippen molar-refractivity contribution < 1.29 is 9.53 Å². The number of aryl methyl sites for hydroxylation is 1. The lowest BCUT2D eigenvalue weighted by atomic mass is 9.87. The maximum atomic E-state index is 12.8. The summed E-state index contributed by atoms with van der Waals surface area (Å²) >= 11 is 0. The first-order valence-electron chi connectivity index (χ1n) is 9.56. The summed E-state index contributed by atoms with van der Waals surface area (Å²) in [5.74, 6) is 0.189. The van der Waals surface area contributed by atoms with Gasteiger partial charge in [-0.15, -0.1) is 10.2 Å². The molecule has 2 aromatic heterocycles. The van der Waals surface area contributed by atoms with Crippen molar-refractivity contribution in [1.29, 1.82) is 0 Å². The van der Waals surface area contributed by atoms with Crippen LogP contribution in [0.2, 0.25) is 0 Å². The van der Waals surface area contributed by atoms with Crippen molar-refractivity contribution in [3.05, 3.63) is 30.6 Å². The van der Waals surface area contributed by atoms with Crippen LogP contribution in [0.25, 0.3) is 0 Å². The molecule has 1 spiro atoms. The third kappa shape index (κ3) is 4.36. The Kier molecular flexibility index (Phi) is 5.22. The minimum Gasteiger partial charge on any atom is -0.373 e. The fourth-order valence-electron chi connectivity index (χ4n) is 3.98. The van der Waals surface area contributed by atoms with Crippen LogP contribution in [-0.2, 0) is 29.7 Å². The largest absolute Gasteiger partial charge is 0.373 e. The van der Waals surface area contributed by atoms with Crippen LogP contribution in [0.5, 0.6) is 0 Å². The van der Waals surface area contributed by atoms with Gasteiger partial charge < -0.3 is 19.1 Å². The smallest absolute Gasteiger partial charge is 0.225 e. The maximum absolute atomic E-state index is 12.8. The number of amides is 1. The monoisotopic (exact) mass is 373 g/mol. The Morgan fingerprint density at radius 1 is 1.15 bits per heavy atom. The number of ether oxygens (including phenoxy) is 1. The maximum Gasteiger partial charge on any atom is 0.225 e. The number of rotatable bonds is 5. The zero-order valence-corrected chi connectivity index (χ0v) is 15.8. The van der Waals surface area contributed by atoms with Gasteiger partial charge in [0.15, 0.2) is 0 Å². The Morgan fingerprint density at radius 2 is 1.93 bits per heavy atom. The van der Waals surface area contributed by atoms with Crippen LogP contribution in [0.15, 0.2) is 25.0 Å². The molecule has 0 unspecified atom stereocenters. The van der Waals surface area contributed by atoms with Crippen LogP contribution in [0.3, 0.4) is 0 Å². The van der Waals surface area contributed by atoms with Crippen LogP contribution in [0.1, 0.15) is 24.8 Å². The summed E-state index contributed by atoms with van der Waals surface area (Å²) < 4.78 is 10.00. The normalized spacial score (nSPS) is 20.9. The number of aromatic nitrogens is 5. The van der Waals surface area contributed by atoms with E-state index in [1.807, 2.05) is 28.9 Å². The second-order valence-corrected chi connectivity index (χ2v) is 7.59. The van der Waals surface area contributed by atoms with Crippen molar-refractivity contribution in [2.75, 3.05) is 32.8 Å². The lowest BCUT2D eigenvalue weighted by Crippen LogP contribution is -2.47. The molecule has 146 valence electrons. The number of carbonyl (C=O) groups is 1. The first-order chi connectivity index (χ1) is 13.1. The summed E-state index contributed by atoms with van der Waals surface area (Å²) in [5, 5.41) is 11.9. The molecule has 2 saturated heterocycles. The van der Waals surface area contributed by atoms with Crippen molar-refractivity contribution in [1.82, 2.24) is 34.3 Å². The number of hydrogen-bond acceptors (Lipinski definition) is 6. The topological polar surface area (TPSA) is 81.3 Å². The van der Waals surface area contributed by atoms with Crippen LogP contribution >= 0.6 is 0 Å². The van der Waals surface area contributed by atoms with Gasteiger partial charge in [0.1, 0.15) is 12.7 Å². The number of piperidine rings is 1. The highest BCUT2D eigenvalue weighted by molar-refractivity contribution is 5.77. The average molecular weight is 373 g/mol. The molecule has 9 heteroatoms. The molecule has 9 nitrogen and oxygen atoms in total. The molecule has 4 rings (SSSR count). The summed E-state index contributed by atoms with van der Waals surface area (Å²) in [5.41, 5.74) is 0.763. The fourth-order valence-corrected chi connectivity index (χ4v) is 3.98. The van der Waals surface area contributed by atoms with Crippen LogP contribution in [0.4, 0.5) is 0 Å². The molecule has 0 bridgehead atoms. The van der Waals surface area contributed by atoms with Crippen LogP contribution < -0.4 is 0 Å². The van der Waals surface area contributed by atoms with E-state index in [4.69, 9.17) is 4.74 Å². The Balaban J connectivity index is 1.30. The molecule has 2 fully saturated rings. The summed E-state index contributed by atoms with van der Waals surface area (Å²) in [7, 11) is 1.89. The summed E-state index contributed by atoms with van der Waals surface area (Å²) in [6.45, 7) is 5.63. The van der Waals surface area contributed by atoms with Crippen molar-refractivity contribution in [2.45, 2.75) is 38.0 Å². The van der Waals surface area contributed by atoms with Gasteiger partial charge in [0, 0.05) is 58.1 Å². The highest BCUT2D eigenvalue weighted by Gasteiger charge is 2.40. The molecule has 0 saturated carbocycles. The molecule has 0 aromatic carbocycles. The van der Waals surface area contributed by atoms with E-state index in [0.717, 1.165) is 44.6 Å². The van der Waals surface area contributed by atoms with Gasteiger partial charge in [0.25, 0.3) is 0 Å². The SMILES string of the molecule is Cn1cc(CN2CCOC3(CCN(CCn4cnnc4)CC3)CC2=O)cn1. The Bertz CT molecular complexity index is 750. The highest BCUT2D eigenvalue weighted by Crippen LogP contribution is 2.32. The highest BCUT2D eigenvalue weighted by atomic mass is 16.5. The minimum atomic E-state index is -0.298. The van der Waals surface area contributed by atoms with E-state index in [-0.39, 0.29) is 11.5 Å². The number of likely N-dealkylation sites (tertiary alicyclic amines) is 1. The van der Waals surface area contributed by atoms with Crippen LogP contribution in [0, 0.1) is 0 Å². The van der Waals surface area contributed by atoms with Gasteiger partial charge in [-0.25, -0.2) is 0 Å². The predicted octanol–water partition coefficient (Wildman–Crippen LogP) is 0.295. The average Bonchev–Trinajstić information content (AvgIpc) is 3.29. The van der Waals surface area contributed by atoms with Crippen molar-refractivity contribution in [3.63, 3.8) is 0 Å². The first-order valence-corrected chi connectivity index (χ1v) is 9.56. The zero-order valence-electron chi connectivity index (χ0n) is 15.8. The molecule has 2 aliphatic rings. The summed E-state index contributed by atoms with van der Waals surface area (Å²) in [4.78, 5) is 17.2. The fraction of sp³-hybridized carbons (Fsp3) is 0.667. The molecule has 0 N–H and O–H groups in total. The van der Waals surface area contributed by atoms with Gasteiger partial charge in [-0.05, 0) is 12.8 Å². The quantitative estimate of drug-likeness (QED) is 0.750. The third-order valence-corrected chi connectivity index (χ3v) is 5.64. The molecule has 0 aliphatic carbocycles. The van der Waals surface area contributed by atoms with Gasteiger partial charge in [0.2, 0.25) is 5.91 Å². The number of nitrogens with zero attached hydrogens (tertiary/aromatic N) is 7. The van der Waals surface area contributed by atoms with E-state index in [2.05, 4.69) is 20.2 Å². The van der Waals surface area contributed by atoms with E-state index in [1.165, 1.54) is 0 Å². The molecule has 4 heterocycles. The van der Waals surface area contributed by atoms with Gasteiger partial charge >= 0.3 is 0 Å². The van der Waals surface area contributed by atoms with Crippen molar-refractivity contribution in [2.24, 2.45) is 7.05 Å². The second kappa shape index (κ2) is 7.77. The molecule has 2 aromatic rings. The molecule has 0 atom stereocenters. The summed E-state index contributed by atoms with van der Waals surface area (Å²) in [6.07, 6.45) is 9.56. The molecular formula is C18H27N7O2. The number of carbonyl (C=O) groups excluding carboxylic acids is 1. The molecule has 27 heavy (non-hydrogen) atoms. The van der Waals surface area contributed by atoms with Gasteiger partial charge in [-0.3, -0.25) is 9.48 Å². The Hall–Kier alpha value is -2.26. The van der Waals surface area contributed by atoms with E-state index in [9.17, 15) is 4.79 Å². The molecule has 1 amide bonds. The van der Waals surface area contributed by atoms with Gasteiger partial charge in [-0.1, -0.05) is 0 Å². The van der Waals surface area contributed by atoms with Gasteiger partial charge in [0.05, 0.1) is 24.8 Å². The Labute approximate surface area is 158 Å². The molecule has 0 radical (unpaired) electrons. The van der Waals surface area contributed by atoms with E-state index in [1.54, 1.807) is 17.3 Å². The predicted molar refractivity (Wildman–Crippen MR) is 97.6 cm³/mol. The van der Waals surface area contributed by atoms with Crippen LogP contribution in [-0.4, -0.2) is 78.6 Å². The van der Waals surface area contributed by atoms with E-state index in [0.29, 0.717) is 26.1 Å². The second-order valence-electron chi connectivity index (χ2n) is 7.59. The van der Waals surface area contributed by atoms with Crippen molar-refractivity contribution >= 4 is 5.91 Å². The molecule has 2 aliphatic heterocycles. The summed E-state index contributed by atoms with van der Waals surface area (Å²) in [6, 6.07) is 0. The van der Waals surface area contributed by atoms with Crippen molar-refractivity contribution in [3.8, 4) is 0 Å². The van der Waals surface area contributed by atoms with Gasteiger partial charge in [-0.2, -0.15) is 5.10 Å². The number of hydrogen-bond donors (Lipinski definition) is 0. The first kappa shape index (κ1) is 18.1. The zero-order chi connectivity index (χ0) is 18.7. The van der Waals surface area contributed by atoms with E-state index < -0.39 is 0 Å². The molecular weight excluding hydrogens is 346 g/mol. The van der Waals surface area contributed by atoms with E-state index >= 15 is 0 Å². The standard InChI is InChI=1S/C18H27N7O2/c1-22-12-16(11-21-22)13-25-8-9-27-18(10-17(25)26)2-4-23(5-3-18)6-7-24-14-19-20-15-24/h11-12,14-15H,2-10,13H2,1H3. The lowest BCUT2D eigenvalue weighted by molar-refractivity contribution is -0.136. The lowest BCUT2D eigenvalue weighted by Gasteiger charge is -2.40.